The minimum Gasteiger partial charge on any atom is -0.373 e. The Hall–Kier alpha value is -2.75. The maximum Gasteiger partial charge on any atom is 0.416 e. The number of hydrogen-bond acceptors (Lipinski definition) is 4. The molecule has 0 radical (unpaired) electrons. The molecule has 0 aliphatic carbocycles. The molecule has 184 valence electrons. The third-order valence-corrected chi connectivity index (χ3v) is 5.19. The Balaban J connectivity index is 0.00000199. The van der Waals surface area contributed by atoms with Crippen molar-refractivity contribution in [2.75, 3.05) is 19.4 Å². The maximum atomic E-state index is 13.1. The predicted octanol–water partition coefficient (Wildman–Crippen LogP) is 6.67. The van der Waals surface area contributed by atoms with Crippen LogP contribution in [0.2, 0.25) is 10.0 Å². The van der Waals surface area contributed by atoms with Crippen LogP contribution in [0.25, 0.3) is 5.69 Å². The number of aromatic nitrogens is 2. The molecule has 0 saturated heterocycles. The first kappa shape index (κ1) is 27.5. The van der Waals surface area contributed by atoms with Crippen LogP contribution in [0.1, 0.15) is 36.2 Å². The molecule has 6 nitrogen and oxygen atoms in total. The molecular weight excluding hydrogens is 490 g/mol. The lowest BCUT2D eigenvalue weighted by atomic mass is 10.2. The van der Waals surface area contributed by atoms with Crippen molar-refractivity contribution in [1.29, 1.82) is 0 Å². The summed E-state index contributed by atoms with van der Waals surface area (Å²) in [6, 6.07) is 11.2. The van der Waals surface area contributed by atoms with Crippen LogP contribution in [0.15, 0.2) is 47.5 Å². The van der Waals surface area contributed by atoms with Crippen molar-refractivity contribution < 1.29 is 18.0 Å². The second-order valence-corrected chi connectivity index (χ2v) is 7.53. The van der Waals surface area contributed by atoms with Gasteiger partial charge >= 0.3 is 6.18 Å². The molecule has 3 rings (SSSR count). The molecule has 34 heavy (non-hydrogen) atoms. The minimum atomic E-state index is -4.58. The van der Waals surface area contributed by atoms with Gasteiger partial charge in [-0.15, -0.1) is 0 Å². The van der Waals surface area contributed by atoms with E-state index in [0.717, 1.165) is 17.7 Å². The molecule has 2 aromatic carbocycles. The Kier molecular flexibility index (Phi) is 9.78. The smallest absolute Gasteiger partial charge is 0.373 e. The topological polar surface area (TPSA) is 63.5 Å². The van der Waals surface area contributed by atoms with Crippen LogP contribution in [0, 0.1) is 6.92 Å². The molecular formula is C23H26Cl2F3N5O. The van der Waals surface area contributed by atoms with Gasteiger partial charge in [0, 0.05) is 19.7 Å². The standard InChI is InChI=1S/C21H20Cl2F3N5O.C2H6/c1-12-17(19(27-2)30-32-11-13-7-5-4-6-8-13)29-31(20(12)28-3)18-15(22)9-14(10-16(18)23)21(24,25)26;1-2/h4-10,28H,11H2,1-3H3,(H,27,30);1-2H3. The zero-order valence-corrected chi connectivity index (χ0v) is 20.9. The molecule has 0 aliphatic rings. The Morgan fingerprint density at radius 2 is 1.71 bits per heavy atom. The van der Waals surface area contributed by atoms with Crippen molar-refractivity contribution in [3.63, 3.8) is 0 Å². The Morgan fingerprint density at radius 3 is 2.21 bits per heavy atom. The average molecular weight is 516 g/mol. The van der Waals surface area contributed by atoms with Crippen LogP contribution in [-0.4, -0.2) is 29.7 Å². The van der Waals surface area contributed by atoms with E-state index in [1.165, 1.54) is 4.68 Å². The maximum absolute atomic E-state index is 13.1. The number of amidine groups is 1. The van der Waals surface area contributed by atoms with E-state index in [4.69, 9.17) is 28.0 Å². The van der Waals surface area contributed by atoms with Crippen LogP contribution < -0.4 is 10.8 Å². The largest absolute Gasteiger partial charge is 0.416 e. The van der Waals surface area contributed by atoms with Gasteiger partial charge in [-0.25, -0.2) is 10.2 Å². The van der Waals surface area contributed by atoms with Gasteiger partial charge in [0.2, 0.25) is 0 Å². The summed E-state index contributed by atoms with van der Waals surface area (Å²) in [6.45, 7) is 6.07. The van der Waals surface area contributed by atoms with Crippen LogP contribution >= 0.6 is 23.2 Å². The number of nitrogens with one attached hydrogen (secondary N) is 2. The SMILES string of the molecule is CC.CN=C(NOCc1ccccc1)c1nn(-c2c(Cl)cc(C(F)(F)F)cc2Cl)c(NC)c1C. The van der Waals surface area contributed by atoms with Crippen LogP contribution in [-0.2, 0) is 17.6 Å². The van der Waals surface area contributed by atoms with Crippen LogP contribution in [0.4, 0.5) is 19.0 Å². The Labute approximate surface area is 206 Å². The molecule has 3 aromatic rings. The summed E-state index contributed by atoms with van der Waals surface area (Å²) in [6.07, 6.45) is -4.58. The molecule has 1 heterocycles. The van der Waals surface area contributed by atoms with E-state index < -0.39 is 11.7 Å². The number of aliphatic imine (C=N–C) groups is 1. The van der Waals surface area contributed by atoms with Crippen molar-refractivity contribution in [1.82, 2.24) is 15.3 Å². The minimum absolute atomic E-state index is 0.112. The predicted molar refractivity (Wildman–Crippen MR) is 131 cm³/mol. The number of hydroxylamine groups is 1. The molecule has 0 spiro atoms. The van der Waals surface area contributed by atoms with E-state index in [-0.39, 0.29) is 22.3 Å². The summed E-state index contributed by atoms with van der Waals surface area (Å²) < 4.78 is 40.6. The van der Waals surface area contributed by atoms with E-state index in [2.05, 4.69) is 20.9 Å². The molecule has 0 amide bonds. The van der Waals surface area contributed by atoms with Crippen molar-refractivity contribution >= 4 is 34.9 Å². The summed E-state index contributed by atoms with van der Waals surface area (Å²) in [4.78, 5) is 9.73. The van der Waals surface area contributed by atoms with E-state index in [9.17, 15) is 13.2 Å². The normalized spacial score (nSPS) is 11.6. The van der Waals surface area contributed by atoms with E-state index in [1.54, 1.807) is 21.0 Å². The summed E-state index contributed by atoms with van der Waals surface area (Å²) in [5.41, 5.74) is 3.98. The van der Waals surface area contributed by atoms with Gasteiger partial charge in [0.15, 0.2) is 5.84 Å². The van der Waals surface area contributed by atoms with Crippen molar-refractivity contribution in [3.8, 4) is 5.69 Å². The van der Waals surface area contributed by atoms with E-state index in [0.29, 0.717) is 22.9 Å². The monoisotopic (exact) mass is 515 g/mol. The first-order valence-corrected chi connectivity index (χ1v) is 11.2. The van der Waals surface area contributed by atoms with Gasteiger partial charge in [0.05, 0.1) is 22.2 Å². The zero-order valence-electron chi connectivity index (χ0n) is 19.4. The summed E-state index contributed by atoms with van der Waals surface area (Å²) in [7, 11) is 3.21. The Morgan fingerprint density at radius 1 is 1.12 bits per heavy atom. The van der Waals surface area contributed by atoms with Gasteiger partial charge in [0.25, 0.3) is 0 Å². The van der Waals surface area contributed by atoms with Crippen LogP contribution in [0.5, 0.6) is 0 Å². The second kappa shape index (κ2) is 12.1. The van der Waals surface area contributed by atoms with Gasteiger partial charge in [-0.1, -0.05) is 67.4 Å². The summed E-state index contributed by atoms with van der Waals surface area (Å²) >= 11 is 12.4. The average Bonchev–Trinajstić information content (AvgIpc) is 3.13. The fraction of sp³-hybridized carbons (Fsp3) is 0.304. The zero-order chi connectivity index (χ0) is 25.5. The number of benzene rings is 2. The highest BCUT2D eigenvalue weighted by molar-refractivity contribution is 6.38. The lowest BCUT2D eigenvalue weighted by molar-refractivity contribution is -0.137. The van der Waals surface area contributed by atoms with Gasteiger partial charge in [-0.3, -0.25) is 9.83 Å². The quantitative estimate of drug-likeness (QED) is 0.218. The highest BCUT2D eigenvalue weighted by Crippen LogP contribution is 2.39. The Bertz CT molecular complexity index is 1110. The molecule has 0 fully saturated rings. The van der Waals surface area contributed by atoms with Crippen LogP contribution in [0.3, 0.4) is 0 Å². The first-order valence-electron chi connectivity index (χ1n) is 10.4. The lowest BCUT2D eigenvalue weighted by Crippen LogP contribution is -2.26. The van der Waals surface area contributed by atoms with Gasteiger partial charge in [-0.2, -0.15) is 18.3 Å². The highest BCUT2D eigenvalue weighted by atomic mass is 35.5. The van der Waals surface area contributed by atoms with E-state index >= 15 is 0 Å². The molecule has 11 heteroatoms. The summed E-state index contributed by atoms with van der Waals surface area (Å²) in [5, 5.41) is 7.08. The molecule has 0 unspecified atom stereocenters. The number of anilines is 1. The molecule has 1 aromatic heterocycles. The summed E-state index contributed by atoms with van der Waals surface area (Å²) in [5.74, 6) is 0.808. The van der Waals surface area contributed by atoms with Gasteiger partial charge in [-0.05, 0) is 24.6 Å². The molecule has 2 N–H and O–H groups in total. The first-order chi connectivity index (χ1) is 16.2. The van der Waals surface area contributed by atoms with Crippen molar-refractivity contribution in [2.45, 2.75) is 33.6 Å². The van der Waals surface area contributed by atoms with Crippen molar-refractivity contribution in [2.24, 2.45) is 4.99 Å². The second-order valence-electron chi connectivity index (χ2n) is 6.72. The van der Waals surface area contributed by atoms with E-state index in [1.807, 2.05) is 44.2 Å². The molecule has 0 atom stereocenters. The molecule has 0 aliphatic heterocycles. The number of nitrogens with zero attached hydrogens (tertiary/aromatic N) is 3. The third kappa shape index (κ3) is 6.22. The lowest BCUT2D eigenvalue weighted by Gasteiger charge is -2.14. The number of rotatable bonds is 6. The van der Waals surface area contributed by atoms with Crippen molar-refractivity contribution in [3.05, 3.63) is 74.9 Å². The number of alkyl halides is 3. The molecule has 0 bridgehead atoms. The fourth-order valence-corrected chi connectivity index (χ4v) is 3.72. The molecule has 0 saturated carbocycles. The number of halogens is 5. The van der Waals surface area contributed by atoms with Gasteiger partial charge in [0.1, 0.15) is 17.2 Å². The fourth-order valence-electron chi connectivity index (χ4n) is 3.07. The third-order valence-electron chi connectivity index (χ3n) is 4.61. The number of hydrogen-bond donors (Lipinski definition) is 2. The van der Waals surface area contributed by atoms with Gasteiger partial charge < -0.3 is 5.32 Å². The highest BCUT2D eigenvalue weighted by Gasteiger charge is 2.33.